The number of aryl methyl sites for hydroxylation is 1. The number of carbonyl (C=O) groups is 1. The van der Waals surface area contributed by atoms with Gasteiger partial charge in [-0.25, -0.2) is 14.1 Å². The van der Waals surface area contributed by atoms with E-state index in [2.05, 4.69) is 15.1 Å². The van der Waals surface area contributed by atoms with Crippen molar-refractivity contribution in [2.75, 3.05) is 6.54 Å². The number of halogens is 2. The van der Waals surface area contributed by atoms with Crippen LogP contribution in [0.3, 0.4) is 0 Å². The van der Waals surface area contributed by atoms with E-state index in [1.165, 1.54) is 16.8 Å². The smallest absolute Gasteiger partial charge is 0.259 e. The lowest BCUT2D eigenvalue weighted by Crippen LogP contribution is -2.32. The van der Waals surface area contributed by atoms with E-state index in [4.69, 9.17) is 11.6 Å². The highest BCUT2D eigenvalue weighted by molar-refractivity contribution is 6.33. The quantitative estimate of drug-likeness (QED) is 0.479. The van der Waals surface area contributed by atoms with Crippen LogP contribution in [0.2, 0.25) is 5.15 Å². The molecule has 4 aromatic rings. The number of aromatic amines is 1. The molecule has 0 unspecified atom stereocenters. The Bertz CT molecular complexity index is 1350. The average molecular weight is 454 g/mol. The van der Waals surface area contributed by atoms with Crippen LogP contribution in [0.1, 0.15) is 34.4 Å². The number of amides is 1. The molecule has 0 aliphatic carbocycles. The summed E-state index contributed by atoms with van der Waals surface area (Å²) in [5.41, 5.74) is 1.89. The van der Waals surface area contributed by atoms with Crippen molar-refractivity contribution in [3.63, 3.8) is 0 Å². The predicted octanol–water partition coefficient (Wildman–Crippen LogP) is 3.93. The van der Waals surface area contributed by atoms with Crippen LogP contribution in [0.4, 0.5) is 4.39 Å². The van der Waals surface area contributed by atoms with E-state index in [0.717, 1.165) is 5.56 Å². The van der Waals surface area contributed by atoms with Crippen molar-refractivity contribution in [2.45, 2.75) is 26.9 Å². The molecule has 0 saturated carbocycles. The van der Waals surface area contributed by atoms with Gasteiger partial charge in [0.25, 0.3) is 11.5 Å². The van der Waals surface area contributed by atoms with Gasteiger partial charge < -0.3 is 9.88 Å². The number of aromatic nitrogens is 4. The van der Waals surface area contributed by atoms with Crippen LogP contribution < -0.4 is 5.56 Å². The first-order valence-electron chi connectivity index (χ1n) is 10.1. The molecule has 2 aromatic carbocycles. The van der Waals surface area contributed by atoms with Gasteiger partial charge in [-0.05, 0) is 43.7 Å². The van der Waals surface area contributed by atoms with Gasteiger partial charge in [0.05, 0.1) is 35.2 Å². The number of benzene rings is 2. The van der Waals surface area contributed by atoms with Gasteiger partial charge >= 0.3 is 0 Å². The van der Waals surface area contributed by atoms with E-state index in [9.17, 15) is 14.0 Å². The molecule has 2 aromatic heterocycles. The molecule has 164 valence electrons. The molecule has 0 radical (unpaired) electrons. The second kappa shape index (κ2) is 8.92. The Balaban J connectivity index is 1.60. The minimum Gasteiger partial charge on any atom is -0.331 e. The molecule has 0 atom stereocenters. The number of hydrogen-bond donors (Lipinski definition) is 1. The lowest BCUT2D eigenvalue weighted by Gasteiger charge is -2.20. The first-order valence-corrected chi connectivity index (χ1v) is 10.5. The summed E-state index contributed by atoms with van der Waals surface area (Å²) in [6, 6.07) is 13.0. The SMILES string of the molecule is CCN(Cc1nc2ccccc2c(=O)[nH]1)C(=O)c1c(C)nn(Cc2ccc(F)cc2)c1Cl. The fourth-order valence-electron chi connectivity index (χ4n) is 3.54. The average Bonchev–Trinajstić information content (AvgIpc) is 3.06. The largest absolute Gasteiger partial charge is 0.331 e. The van der Waals surface area contributed by atoms with Crippen LogP contribution in [-0.2, 0) is 13.1 Å². The Kier molecular flexibility index (Phi) is 6.05. The summed E-state index contributed by atoms with van der Waals surface area (Å²) < 4.78 is 14.7. The maximum absolute atomic E-state index is 13.3. The van der Waals surface area contributed by atoms with Gasteiger partial charge in [-0.15, -0.1) is 0 Å². The highest BCUT2D eigenvalue weighted by atomic mass is 35.5. The predicted molar refractivity (Wildman–Crippen MR) is 120 cm³/mol. The lowest BCUT2D eigenvalue weighted by molar-refractivity contribution is 0.0748. The van der Waals surface area contributed by atoms with Crippen molar-refractivity contribution in [3.8, 4) is 0 Å². The molecule has 0 bridgehead atoms. The number of H-pyrrole nitrogens is 1. The maximum atomic E-state index is 13.3. The zero-order valence-corrected chi connectivity index (χ0v) is 18.4. The van der Waals surface area contributed by atoms with E-state index in [1.54, 1.807) is 48.2 Å². The minimum atomic E-state index is -0.328. The molecular weight excluding hydrogens is 433 g/mol. The number of nitrogens with zero attached hydrogens (tertiary/aromatic N) is 4. The third-order valence-corrected chi connectivity index (χ3v) is 5.58. The van der Waals surface area contributed by atoms with Crippen molar-refractivity contribution in [1.29, 1.82) is 0 Å². The van der Waals surface area contributed by atoms with Crippen LogP contribution in [0.5, 0.6) is 0 Å². The number of fused-ring (bicyclic) bond motifs is 1. The van der Waals surface area contributed by atoms with Crippen molar-refractivity contribution in [3.05, 3.63) is 92.5 Å². The normalized spacial score (nSPS) is 11.1. The van der Waals surface area contributed by atoms with Crippen LogP contribution in [0, 0.1) is 12.7 Å². The van der Waals surface area contributed by atoms with Crippen LogP contribution >= 0.6 is 11.6 Å². The summed E-state index contributed by atoms with van der Waals surface area (Å²) in [7, 11) is 0. The van der Waals surface area contributed by atoms with Gasteiger partial charge in [-0.1, -0.05) is 35.9 Å². The van der Waals surface area contributed by atoms with Crippen molar-refractivity contribution < 1.29 is 9.18 Å². The number of para-hydroxylation sites is 1. The Morgan fingerprint density at radius 1 is 1.19 bits per heavy atom. The second-order valence-corrected chi connectivity index (χ2v) is 7.74. The maximum Gasteiger partial charge on any atom is 0.259 e. The van der Waals surface area contributed by atoms with E-state index in [0.29, 0.717) is 41.1 Å². The van der Waals surface area contributed by atoms with Gasteiger partial charge in [0.2, 0.25) is 0 Å². The third-order valence-electron chi connectivity index (χ3n) is 5.20. The van der Waals surface area contributed by atoms with Crippen LogP contribution in [-0.4, -0.2) is 37.1 Å². The van der Waals surface area contributed by atoms with E-state index in [-0.39, 0.29) is 29.0 Å². The highest BCUT2D eigenvalue weighted by Gasteiger charge is 2.25. The standard InChI is InChI=1S/C23H21ClFN5O2/c1-3-29(13-19-26-18-7-5-4-6-17(18)22(31)27-19)23(32)20-14(2)28-30(21(20)24)12-15-8-10-16(25)11-9-15/h4-11H,3,12-13H2,1-2H3,(H,26,27,31). The lowest BCUT2D eigenvalue weighted by atomic mass is 10.2. The minimum absolute atomic E-state index is 0.119. The summed E-state index contributed by atoms with van der Waals surface area (Å²) >= 11 is 6.52. The summed E-state index contributed by atoms with van der Waals surface area (Å²) in [6.45, 7) is 4.36. The molecule has 4 rings (SSSR count). The van der Waals surface area contributed by atoms with Crippen LogP contribution in [0.25, 0.3) is 10.9 Å². The van der Waals surface area contributed by atoms with E-state index < -0.39 is 0 Å². The second-order valence-electron chi connectivity index (χ2n) is 7.38. The molecule has 0 saturated heterocycles. The Morgan fingerprint density at radius 3 is 2.62 bits per heavy atom. The molecule has 1 amide bonds. The number of hydrogen-bond acceptors (Lipinski definition) is 4. The van der Waals surface area contributed by atoms with Gasteiger partial charge in [0, 0.05) is 6.54 Å². The summed E-state index contributed by atoms with van der Waals surface area (Å²) in [4.78, 5) is 34.4. The third kappa shape index (κ3) is 4.27. The molecule has 0 spiro atoms. The van der Waals surface area contributed by atoms with Crippen LogP contribution in [0.15, 0.2) is 53.3 Å². The first kappa shape index (κ1) is 21.7. The molecule has 9 heteroatoms. The van der Waals surface area contributed by atoms with Gasteiger partial charge in [-0.3, -0.25) is 9.59 Å². The summed E-state index contributed by atoms with van der Waals surface area (Å²) in [5.74, 6) is -0.251. The number of nitrogens with one attached hydrogen (secondary N) is 1. The fourth-order valence-corrected chi connectivity index (χ4v) is 3.85. The highest BCUT2D eigenvalue weighted by Crippen LogP contribution is 2.23. The monoisotopic (exact) mass is 453 g/mol. The van der Waals surface area contributed by atoms with Gasteiger partial charge in [0.15, 0.2) is 0 Å². The van der Waals surface area contributed by atoms with Gasteiger partial charge in [-0.2, -0.15) is 5.10 Å². The molecule has 1 N–H and O–H groups in total. The first-order chi connectivity index (χ1) is 15.4. The molecular formula is C23H21ClFN5O2. The van der Waals surface area contributed by atoms with Gasteiger partial charge in [0.1, 0.15) is 16.8 Å². The molecule has 0 fully saturated rings. The number of rotatable bonds is 6. The Morgan fingerprint density at radius 2 is 1.91 bits per heavy atom. The van der Waals surface area contributed by atoms with Crippen molar-refractivity contribution >= 4 is 28.4 Å². The van der Waals surface area contributed by atoms with Crippen molar-refractivity contribution in [1.82, 2.24) is 24.6 Å². The van der Waals surface area contributed by atoms with Crippen molar-refractivity contribution in [2.24, 2.45) is 0 Å². The summed E-state index contributed by atoms with van der Waals surface area (Å²) in [6.07, 6.45) is 0. The zero-order chi connectivity index (χ0) is 22.8. The molecule has 32 heavy (non-hydrogen) atoms. The Labute approximate surface area is 188 Å². The topological polar surface area (TPSA) is 83.9 Å². The van der Waals surface area contributed by atoms with E-state index >= 15 is 0 Å². The molecule has 2 heterocycles. The molecule has 0 aliphatic heterocycles. The fraction of sp³-hybridized carbons (Fsp3) is 0.217. The number of carbonyl (C=O) groups excluding carboxylic acids is 1. The molecule has 7 nitrogen and oxygen atoms in total. The Hall–Kier alpha value is -3.52. The molecule has 0 aliphatic rings. The zero-order valence-electron chi connectivity index (χ0n) is 17.6. The summed E-state index contributed by atoms with van der Waals surface area (Å²) in [5, 5.41) is 5.09. The van der Waals surface area contributed by atoms with E-state index in [1.807, 2.05) is 6.92 Å².